The summed E-state index contributed by atoms with van der Waals surface area (Å²) in [4.78, 5) is 25.8. The third-order valence-corrected chi connectivity index (χ3v) is 5.96. The van der Waals surface area contributed by atoms with E-state index in [9.17, 15) is 14.7 Å². The summed E-state index contributed by atoms with van der Waals surface area (Å²) in [5.41, 5.74) is 3.20. The molecule has 2 aliphatic rings. The van der Waals surface area contributed by atoms with E-state index in [1.54, 1.807) is 0 Å². The van der Waals surface area contributed by atoms with Crippen molar-refractivity contribution in [2.45, 2.75) is 30.9 Å². The Morgan fingerprint density at radius 3 is 2.21 bits per heavy atom. The number of hydrogen-bond acceptors (Lipinski definition) is 4. The van der Waals surface area contributed by atoms with E-state index in [1.165, 1.54) is 18.9 Å². The SMILES string of the molecule is CO[C@H]1CN(C(=O)OCC2c3ccccc3-c3ccccc32)[C@](C)(C(=O)O)C1. The number of rotatable bonds is 4. The molecule has 6 nitrogen and oxygen atoms in total. The molecule has 2 aromatic rings. The largest absolute Gasteiger partial charge is 0.480 e. The van der Waals surface area contributed by atoms with Gasteiger partial charge in [0.25, 0.3) is 0 Å². The van der Waals surface area contributed by atoms with Crippen molar-refractivity contribution in [1.29, 1.82) is 0 Å². The van der Waals surface area contributed by atoms with Crippen LogP contribution in [0.3, 0.4) is 0 Å². The normalized spacial score (nSPS) is 23.4. The summed E-state index contributed by atoms with van der Waals surface area (Å²) < 4.78 is 10.9. The molecule has 0 spiro atoms. The van der Waals surface area contributed by atoms with Gasteiger partial charge in [-0.25, -0.2) is 9.59 Å². The van der Waals surface area contributed by atoms with Crippen molar-refractivity contribution in [3.63, 3.8) is 0 Å². The molecule has 28 heavy (non-hydrogen) atoms. The number of likely N-dealkylation sites (tertiary alicyclic amines) is 1. The van der Waals surface area contributed by atoms with Gasteiger partial charge in [-0.3, -0.25) is 4.90 Å². The Kier molecular flexibility index (Phi) is 4.59. The van der Waals surface area contributed by atoms with Gasteiger partial charge in [0.15, 0.2) is 0 Å². The second-order valence-corrected chi connectivity index (χ2v) is 7.56. The lowest BCUT2D eigenvalue weighted by Crippen LogP contribution is -2.51. The van der Waals surface area contributed by atoms with E-state index in [0.717, 1.165) is 22.3 Å². The van der Waals surface area contributed by atoms with Gasteiger partial charge in [-0.1, -0.05) is 48.5 Å². The first-order chi connectivity index (χ1) is 13.5. The fourth-order valence-corrected chi connectivity index (χ4v) is 4.33. The van der Waals surface area contributed by atoms with E-state index < -0.39 is 17.6 Å². The topological polar surface area (TPSA) is 76.1 Å². The number of amides is 1. The maximum Gasteiger partial charge on any atom is 0.410 e. The van der Waals surface area contributed by atoms with Crippen LogP contribution in [0.25, 0.3) is 11.1 Å². The summed E-state index contributed by atoms with van der Waals surface area (Å²) >= 11 is 0. The van der Waals surface area contributed by atoms with Crippen LogP contribution in [0.15, 0.2) is 48.5 Å². The highest BCUT2D eigenvalue weighted by molar-refractivity contribution is 5.85. The molecule has 146 valence electrons. The van der Waals surface area contributed by atoms with Crippen LogP contribution in [-0.4, -0.2) is 54.0 Å². The minimum atomic E-state index is -1.33. The predicted molar refractivity (Wildman–Crippen MR) is 103 cm³/mol. The smallest absolute Gasteiger partial charge is 0.410 e. The molecule has 1 saturated heterocycles. The van der Waals surface area contributed by atoms with E-state index in [2.05, 4.69) is 12.1 Å². The summed E-state index contributed by atoms with van der Waals surface area (Å²) in [6, 6.07) is 16.2. The third-order valence-electron chi connectivity index (χ3n) is 5.96. The molecule has 1 N–H and O–H groups in total. The molecule has 1 aliphatic heterocycles. The lowest BCUT2D eigenvalue weighted by atomic mass is 9.98. The maximum atomic E-state index is 12.8. The van der Waals surface area contributed by atoms with Crippen molar-refractivity contribution in [3.8, 4) is 11.1 Å². The first kappa shape index (κ1) is 18.5. The molecule has 0 saturated carbocycles. The van der Waals surface area contributed by atoms with Gasteiger partial charge in [0.2, 0.25) is 0 Å². The number of hydrogen-bond donors (Lipinski definition) is 1. The van der Waals surface area contributed by atoms with Crippen LogP contribution >= 0.6 is 0 Å². The van der Waals surface area contributed by atoms with Gasteiger partial charge >= 0.3 is 12.1 Å². The average Bonchev–Trinajstić information content (AvgIpc) is 3.22. The van der Waals surface area contributed by atoms with Crippen molar-refractivity contribution in [3.05, 3.63) is 59.7 Å². The van der Waals surface area contributed by atoms with Crippen molar-refractivity contribution in [2.24, 2.45) is 0 Å². The van der Waals surface area contributed by atoms with Crippen LogP contribution in [0.4, 0.5) is 4.79 Å². The van der Waals surface area contributed by atoms with Crippen molar-refractivity contribution < 1.29 is 24.2 Å². The first-order valence-corrected chi connectivity index (χ1v) is 9.34. The number of nitrogens with zero attached hydrogens (tertiary/aromatic N) is 1. The van der Waals surface area contributed by atoms with E-state index in [-0.39, 0.29) is 31.6 Å². The molecule has 2 atom stereocenters. The maximum absolute atomic E-state index is 12.8. The van der Waals surface area contributed by atoms with Crippen LogP contribution in [0, 0.1) is 0 Å². The van der Waals surface area contributed by atoms with Gasteiger partial charge < -0.3 is 14.6 Å². The molecular weight excluding hydrogens is 358 g/mol. The molecular formula is C22H23NO5. The summed E-state index contributed by atoms with van der Waals surface area (Å²) in [5, 5.41) is 9.64. The number of carboxylic acid groups (broad SMARTS) is 1. The van der Waals surface area contributed by atoms with E-state index >= 15 is 0 Å². The van der Waals surface area contributed by atoms with Crippen LogP contribution in [0.5, 0.6) is 0 Å². The zero-order valence-corrected chi connectivity index (χ0v) is 15.9. The fraction of sp³-hybridized carbons (Fsp3) is 0.364. The highest BCUT2D eigenvalue weighted by Gasteiger charge is 2.51. The number of fused-ring (bicyclic) bond motifs is 3. The molecule has 1 fully saturated rings. The Labute approximate surface area is 163 Å². The van der Waals surface area contributed by atoms with Gasteiger partial charge in [0.1, 0.15) is 12.1 Å². The summed E-state index contributed by atoms with van der Waals surface area (Å²) in [7, 11) is 1.52. The standard InChI is InChI=1S/C22H23NO5/c1-22(20(24)25)11-14(27-2)12-23(22)21(26)28-13-19-17-9-5-3-7-15(17)16-8-4-6-10-18(16)19/h3-10,14,19H,11-13H2,1-2H3,(H,24,25)/t14-,22+/m1/s1. The number of ether oxygens (including phenoxy) is 2. The highest BCUT2D eigenvalue weighted by atomic mass is 16.6. The molecule has 1 aliphatic carbocycles. The zero-order valence-electron chi connectivity index (χ0n) is 15.9. The van der Waals surface area contributed by atoms with Crippen molar-refractivity contribution in [2.75, 3.05) is 20.3 Å². The Balaban J connectivity index is 1.55. The molecule has 6 heteroatoms. The van der Waals surface area contributed by atoms with E-state index in [4.69, 9.17) is 9.47 Å². The van der Waals surface area contributed by atoms with Crippen LogP contribution in [0.2, 0.25) is 0 Å². The Morgan fingerprint density at radius 1 is 1.11 bits per heavy atom. The summed E-state index contributed by atoms with van der Waals surface area (Å²) in [5.74, 6) is -1.12. The number of carbonyl (C=O) groups is 2. The minimum Gasteiger partial charge on any atom is -0.480 e. The molecule has 2 aromatic carbocycles. The predicted octanol–water partition coefficient (Wildman–Crippen LogP) is 3.50. The average molecular weight is 381 g/mol. The van der Waals surface area contributed by atoms with Gasteiger partial charge in [-0.15, -0.1) is 0 Å². The second kappa shape index (κ2) is 6.95. The van der Waals surface area contributed by atoms with E-state index in [1.807, 2.05) is 36.4 Å². The second-order valence-electron chi connectivity index (χ2n) is 7.56. The number of aliphatic carboxylic acids is 1. The molecule has 1 heterocycles. The number of methoxy groups -OCH3 is 1. The van der Waals surface area contributed by atoms with E-state index in [0.29, 0.717) is 0 Å². The lowest BCUT2D eigenvalue weighted by Gasteiger charge is -2.30. The van der Waals surface area contributed by atoms with Crippen LogP contribution in [-0.2, 0) is 14.3 Å². The monoisotopic (exact) mass is 381 g/mol. The molecule has 4 rings (SSSR count). The highest BCUT2D eigenvalue weighted by Crippen LogP contribution is 2.44. The third kappa shape index (κ3) is 2.85. The Bertz CT molecular complexity index is 881. The van der Waals surface area contributed by atoms with Gasteiger partial charge in [0.05, 0.1) is 12.6 Å². The fourth-order valence-electron chi connectivity index (χ4n) is 4.33. The summed E-state index contributed by atoms with van der Waals surface area (Å²) in [6.07, 6.45) is -0.698. The van der Waals surface area contributed by atoms with Crippen LogP contribution < -0.4 is 0 Å². The Morgan fingerprint density at radius 2 is 1.68 bits per heavy atom. The molecule has 0 radical (unpaired) electrons. The Hall–Kier alpha value is -2.86. The van der Waals surface area contributed by atoms with Gasteiger partial charge in [0, 0.05) is 19.4 Å². The quantitative estimate of drug-likeness (QED) is 0.877. The number of carboxylic acids is 1. The molecule has 0 bridgehead atoms. The summed E-state index contributed by atoms with van der Waals surface area (Å²) in [6.45, 7) is 1.91. The first-order valence-electron chi connectivity index (χ1n) is 9.34. The zero-order chi connectivity index (χ0) is 19.9. The number of benzene rings is 2. The van der Waals surface area contributed by atoms with Gasteiger partial charge in [-0.05, 0) is 29.2 Å². The van der Waals surface area contributed by atoms with Crippen LogP contribution in [0.1, 0.15) is 30.4 Å². The lowest BCUT2D eigenvalue weighted by molar-refractivity contribution is -0.147. The van der Waals surface area contributed by atoms with Gasteiger partial charge in [-0.2, -0.15) is 0 Å². The molecule has 1 amide bonds. The molecule has 0 unspecified atom stereocenters. The molecule has 0 aromatic heterocycles. The van der Waals surface area contributed by atoms with Crippen molar-refractivity contribution in [1.82, 2.24) is 4.90 Å². The number of carbonyl (C=O) groups excluding carboxylic acids is 1. The minimum absolute atomic E-state index is 0.0618. The van der Waals surface area contributed by atoms with Crippen molar-refractivity contribution >= 4 is 12.1 Å².